The molecule has 0 spiro atoms. The molecule has 3 rings (SSSR count). The summed E-state index contributed by atoms with van der Waals surface area (Å²) in [6, 6.07) is 14.6. The van der Waals surface area contributed by atoms with E-state index in [0.717, 1.165) is 29.9 Å². The van der Waals surface area contributed by atoms with E-state index in [1.807, 2.05) is 18.2 Å². The molecule has 1 heterocycles. The second-order valence-electron chi connectivity index (χ2n) is 6.48. The quantitative estimate of drug-likeness (QED) is 0.560. The number of anilines is 1. The molecule has 1 amide bonds. The van der Waals surface area contributed by atoms with Crippen LogP contribution in [0.25, 0.3) is 10.2 Å². The standard InChI is InChI=1S/C22H24N4O2S/c1-4-25(5-2)13-14-26(21(27)17-11-9-16(15-23)10-12-17)22-24-20-18(28-3)7-6-8-19(20)29-22/h6-12H,4-5,13-14H2,1-3H3. The van der Waals surface area contributed by atoms with Crippen LogP contribution in [0.1, 0.15) is 29.8 Å². The summed E-state index contributed by atoms with van der Waals surface area (Å²) in [5, 5.41) is 9.66. The lowest BCUT2D eigenvalue weighted by atomic mass is 10.1. The molecule has 0 bridgehead atoms. The highest BCUT2D eigenvalue weighted by Gasteiger charge is 2.22. The van der Waals surface area contributed by atoms with Crippen molar-refractivity contribution in [2.75, 3.05) is 38.2 Å². The Bertz CT molecular complexity index is 1020. The molecule has 0 saturated carbocycles. The minimum absolute atomic E-state index is 0.125. The van der Waals surface area contributed by atoms with Gasteiger partial charge in [-0.05, 0) is 49.5 Å². The van der Waals surface area contributed by atoms with Gasteiger partial charge in [-0.2, -0.15) is 5.26 Å². The van der Waals surface area contributed by atoms with Gasteiger partial charge in [-0.1, -0.05) is 31.3 Å². The number of methoxy groups -OCH3 is 1. The Morgan fingerprint density at radius 2 is 1.86 bits per heavy atom. The molecule has 150 valence electrons. The van der Waals surface area contributed by atoms with Crippen molar-refractivity contribution >= 4 is 32.6 Å². The van der Waals surface area contributed by atoms with Crippen LogP contribution in [0.5, 0.6) is 5.75 Å². The summed E-state index contributed by atoms with van der Waals surface area (Å²) in [5.41, 5.74) is 1.83. The van der Waals surface area contributed by atoms with Crippen LogP contribution in [0.2, 0.25) is 0 Å². The number of nitrogens with zero attached hydrogens (tertiary/aromatic N) is 4. The molecule has 29 heavy (non-hydrogen) atoms. The first kappa shape index (κ1) is 20.8. The molecule has 3 aromatic rings. The number of rotatable bonds is 8. The van der Waals surface area contributed by atoms with Gasteiger partial charge < -0.3 is 9.64 Å². The number of benzene rings is 2. The van der Waals surface area contributed by atoms with Crippen molar-refractivity contribution in [3.63, 3.8) is 0 Å². The van der Waals surface area contributed by atoms with Gasteiger partial charge in [-0.3, -0.25) is 9.69 Å². The van der Waals surface area contributed by atoms with Gasteiger partial charge in [0.1, 0.15) is 11.3 Å². The molecule has 6 nitrogen and oxygen atoms in total. The third kappa shape index (κ3) is 4.56. The minimum Gasteiger partial charge on any atom is -0.494 e. The topological polar surface area (TPSA) is 69.5 Å². The average Bonchev–Trinajstić information content (AvgIpc) is 3.20. The number of nitriles is 1. The average molecular weight is 409 g/mol. The number of hydrogen-bond donors (Lipinski definition) is 0. The number of para-hydroxylation sites is 1. The SMILES string of the molecule is CCN(CC)CCN(C(=O)c1ccc(C#N)cc1)c1nc2c(OC)cccc2s1. The van der Waals surface area contributed by atoms with Crippen LogP contribution < -0.4 is 9.64 Å². The molecule has 0 unspecified atom stereocenters. The maximum Gasteiger partial charge on any atom is 0.260 e. The van der Waals surface area contributed by atoms with Gasteiger partial charge in [0, 0.05) is 18.7 Å². The predicted octanol–water partition coefficient (Wildman–Crippen LogP) is 4.17. The summed E-state index contributed by atoms with van der Waals surface area (Å²) >= 11 is 1.48. The van der Waals surface area contributed by atoms with Crippen LogP contribution in [0.4, 0.5) is 5.13 Å². The number of ether oxygens (including phenoxy) is 1. The van der Waals surface area contributed by atoms with E-state index in [-0.39, 0.29) is 5.91 Å². The van der Waals surface area contributed by atoms with Gasteiger partial charge in [0.2, 0.25) is 0 Å². The van der Waals surface area contributed by atoms with Gasteiger partial charge in [0.25, 0.3) is 5.91 Å². The van der Waals surface area contributed by atoms with Gasteiger partial charge in [-0.25, -0.2) is 4.98 Å². The minimum atomic E-state index is -0.125. The van der Waals surface area contributed by atoms with Crippen molar-refractivity contribution in [1.82, 2.24) is 9.88 Å². The van der Waals surface area contributed by atoms with Crippen molar-refractivity contribution in [3.05, 3.63) is 53.6 Å². The zero-order valence-electron chi connectivity index (χ0n) is 16.9. The van der Waals surface area contributed by atoms with Gasteiger partial charge in [-0.15, -0.1) is 0 Å². The van der Waals surface area contributed by atoms with Crippen molar-refractivity contribution in [2.45, 2.75) is 13.8 Å². The van der Waals surface area contributed by atoms with Crippen molar-refractivity contribution in [3.8, 4) is 11.8 Å². The molecule has 2 aromatic carbocycles. The van der Waals surface area contributed by atoms with E-state index in [9.17, 15) is 4.79 Å². The number of carbonyl (C=O) groups is 1. The van der Waals surface area contributed by atoms with E-state index in [1.165, 1.54) is 11.3 Å². The van der Waals surface area contributed by atoms with Crippen molar-refractivity contribution in [1.29, 1.82) is 5.26 Å². The zero-order chi connectivity index (χ0) is 20.8. The van der Waals surface area contributed by atoms with E-state index in [0.29, 0.717) is 28.6 Å². The molecule has 0 radical (unpaired) electrons. The Kier molecular flexibility index (Phi) is 6.81. The summed E-state index contributed by atoms with van der Waals surface area (Å²) in [6.07, 6.45) is 0. The molecular weight excluding hydrogens is 384 g/mol. The van der Waals surface area contributed by atoms with Gasteiger partial charge >= 0.3 is 0 Å². The van der Waals surface area contributed by atoms with E-state index in [4.69, 9.17) is 15.0 Å². The lowest BCUT2D eigenvalue weighted by Gasteiger charge is -2.24. The summed E-state index contributed by atoms with van der Waals surface area (Å²) < 4.78 is 6.40. The molecule has 0 aliphatic rings. The van der Waals surface area contributed by atoms with Crippen LogP contribution in [-0.4, -0.2) is 49.1 Å². The van der Waals surface area contributed by atoms with Crippen LogP contribution >= 0.6 is 11.3 Å². The lowest BCUT2D eigenvalue weighted by molar-refractivity contribution is 0.0984. The molecule has 0 aliphatic heterocycles. The molecule has 7 heteroatoms. The number of aromatic nitrogens is 1. The second-order valence-corrected chi connectivity index (χ2v) is 7.49. The molecule has 0 aliphatic carbocycles. The van der Waals surface area contributed by atoms with Crippen molar-refractivity contribution in [2.24, 2.45) is 0 Å². The molecule has 0 fully saturated rings. The van der Waals surface area contributed by atoms with Gasteiger partial charge in [0.05, 0.1) is 23.4 Å². The fraction of sp³-hybridized carbons (Fsp3) is 0.318. The van der Waals surface area contributed by atoms with Gasteiger partial charge in [0.15, 0.2) is 5.13 Å². The molecule has 1 aromatic heterocycles. The summed E-state index contributed by atoms with van der Waals surface area (Å²) in [6.45, 7) is 7.34. The number of carbonyl (C=O) groups excluding carboxylic acids is 1. The van der Waals surface area contributed by atoms with E-state index in [2.05, 4.69) is 24.8 Å². The van der Waals surface area contributed by atoms with Crippen LogP contribution in [-0.2, 0) is 0 Å². The van der Waals surface area contributed by atoms with E-state index >= 15 is 0 Å². The number of likely N-dealkylation sites (N-methyl/N-ethyl adjacent to an activating group) is 1. The number of hydrogen-bond acceptors (Lipinski definition) is 6. The zero-order valence-corrected chi connectivity index (χ0v) is 17.7. The van der Waals surface area contributed by atoms with Crippen LogP contribution in [0, 0.1) is 11.3 Å². The monoisotopic (exact) mass is 408 g/mol. The van der Waals surface area contributed by atoms with Crippen LogP contribution in [0.15, 0.2) is 42.5 Å². The molecule has 0 atom stereocenters. The first-order valence-corrected chi connectivity index (χ1v) is 10.4. The second kappa shape index (κ2) is 9.50. The highest BCUT2D eigenvalue weighted by molar-refractivity contribution is 7.22. The normalized spacial score (nSPS) is 10.9. The predicted molar refractivity (Wildman–Crippen MR) is 117 cm³/mol. The first-order chi connectivity index (χ1) is 14.1. The molecule has 0 saturated heterocycles. The highest BCUT2D eigenvalue weighted by Crippen LogP contribution is 2.34. The summed E-state index contributed by atoms with van der Waals surface area (Å²) in [4.78, 5) is 22.0. The third-order valence-corrected chi connectivity index (χ3v) is 5.91. The molecular formula is C22H24N4O2S. The summed E-state index contributed by atoms with van der Waals surface area (Å²) in [5.74, 6) is 0.569. The van der Waals surface area contributed by atoms with E-state index in [1.54, 1.807) is 36.3 Å². The largest absolute Gasteiger partial charge is 0.494 e. The Labute approximate surface area is 175 Å². The Balaban J connectivity index is 1.98. The number of thiazole rings is 1. The third-order valence-electron chi connectivity index (χ3n) is 4.86. The smallest absolute Gasteiger partial charge is 0.260 e. The maximum atomic E-state index is 13.3. The van der Waals surface area contributed by atoms with E-state index < -0.39 is 0 Å². The van der Waals surface area contributed by atoms with Crippen molar-refractivity contribution < 1.29 is 9.53 Å². The fourth-order valence-corrected chi connectivity index (χ4v) is 4.11. The Morgan fingerprint density at radius 3 is 2.48 bits per heavy atom. The number of fused-ring (bicyclic) bond motifs is 1. The lowest BCUT2D eigenvalue weighted by Crippen LogP contribution is -2.38. The van der Waals surface area contributed by atoms with Crippen LogP contribution in [0.3, 0.4) is 0 Å². The number of amides is 1. The first-order valence-electron chi connectivity index (χ1n) is 9.59. The summed E-state index contributed by atoms with van der Waals surface area (Å²) in [7, 11) is 1.62. The highest BCUT2D eigenvalue weighted by atomic mass is 32.1. The Hall–Kier alpha value is -2.95. The Morgan fingerprint density at radius 1 is 1.14 bits per heavy atom. The maximum absolute atomic E-state index is 13.3. The fourth-order valence-electron chi connectivity index (χ4n) is 3.10. The molecule has 0 N–H and O–H groups in total.